The van der Waals surface area contributed by atoms with Crippen LogP contribution in [0.5, 0.6) is 0 Å². The highest BCUT2D eigenvalue weighted by atomic mass is 16.2. The van der Waals surface area contributed by atoms with Gasteiger partial charge < -0.3 is 4.90 Å². The number of piperidine rings is 1. The summed E-state index contributed by atoms with van der Waals surface area (Å²) in [5.41, 5.74) is 4.60. The zero-order valence-electron chi connectivity index (χ0n) is 21.7. The first kappa shape index (κ1) is 24.7. The summed E-state index contributed by atoms with van der Waals surface area (Å²) >= 11 is 0. The number of allylic oxidation sites excluding steroid dienone is 1. The lowest BCUT2D eigenvalue weighted by molar-refractivity contribution is -0.134. The number of benzene rings is 2. The van der Waals surface area contributed by atoms with Gasteiger partial charge in [0, 0.05) is 49.3 Å². The highest BCUT2D eigenvalue weighted by Crippen LogP contribution is 2.41. The van der Waals surface area contributed by atoms with Crippen LogP contribution in [0.2, 0.25) is 0 Å². The predicted molar refractivity (Wildman–Crippen MR) is 143 cm³/mol. The van der Waals surface area contributed by atoms with E-state index in [4.69, 9.17) is 0 Å². The maximum atomic E-state index is 13.4. The number of amides is 3. The van der Waals surface area contributed by atoms with E-state index in [-0.39, 0.29) is 18.2 Å². The van der Waals surface area contributed by atoms with Crippen LogP contribution < -0.4 is 10.2 Å². The molecule has 2 aliphatic heterocycles. The Balaban J connectivity index is 1.41. The number of aromatic nitrogens is 2. The van der Waals surface area contributed by atoms with Crippen LogP contribution in [0, 0.1) is 0 Å². The Morgan fingerprint density at radius 3 is 2.78 bits per heavy atom. The van der Waals surface area contributed by atoms with E-state index in [1.54, 1.807) is 4.90 Å². The lowest BCUT2D eigenvalue weighted by atomic mass is 9.97. The second-order valence-corrected chi connectivity index (χ2v) is 10.1. The minimum absolute atomic E-state index is 0.189. The molecule has 2 atom stereocenters. The molecule has 0 spiro atoms. The third kappa shape index (κ3) is 4.52. The number of nitrogens with zero attached hydrogens (tertiary/aromatic N) is 4. The summed E-state index contributed by atoms with van der Waals surface area (Å²) < 4.78 is 2.07. The molecule has 2 aliphatic rings. The number of hydrogen-bond donors (Lipinski definition) is 1. The SMILES string of the molecule is C=C(C)N(C)CCC(CC)n1cc(Cc2ccc3c4c(cccc24)C(=O)N3C2CCC(=O)NC2=O)cn1. The highest BCUT2D eigenvalue weighted by molar-refractivity contribution is 6.27. The minimum atomic E-state index is -0.681. The second kappa shape index (κ2) is 9.84. The lowest BCUT2D eigenvalue weighted by Crippen LogP contribution is -2.53. The van der Waals surface area contributed by atoms with Crippen molar-refractivity contribution in [3.8, 4) is 0 Å². The van der Waals surface area contributed by atoms with Gasteiger partial charge >= 0.3 is 0 Å². The van der Waals surface area contributed by atoms with Crippen LogP contribution in [0.4, 0.5) is 5.69 Å². The van der Waals surface area contributed by atoms with E-state index < -0.39 is 11.9 Å². The molecule has 0 bridgehead atoms. The van der Waals surface area contributed by atoms with E-state index in [0.717, 1.165) is 52.7 Å². The zero-order valence-corrected chi connectivity index (χ0v) is 21.7. The molecule has 3 heterocycles. The van der Waals surface area contributed by atoms with Crippen LogP contribution in [-0.2, 0) is 16.0 Å². The van der Waals surface area contributed by atoms with Crippen LogP contribution in [0.25, 0.3) is 10.8 Å². The fraction of sp³-hybridized carbons (Fsp3) is 0.379. The summed E-state index contributed by atoms with van der Waals surface area (Å²) in [7, 11) is 2.06. The predicted octanol–water partition coefficient (Wildman–Crippen LogP) is 4.20. The van der Waals surface area contributed by atoms with E-state index in [0.29, 0.717) is 24.4 Å². The van der Waals surface area contributed by atoms with Crippen LogP contribution in [-0.4, -0.2) is 52.0 Å². The van der Waals surface area contributed by atoms with Gasteiger partial charge in [0.25, 0.3) is 5.91 Å². The first-order valence-electron chi connectivity index (χ1n) is 12.9. The number of carbonyl (C=O) groups excluding carboxylic acids is 3. The maximum Gasteiger partial charge on any atom is 0.259 e. The van der Waals surface area contributed by atoms with E-state index in [9.17, 15) is 14.4 Å². The van der Waals surface area contributed by atoms with Crippen molar-refractivity contribution in [2.75, 3.05) is 18.5 Å². The Labute approximate surface area is 216 Å². The molecule has 3 aromatic rings. The minimum Gasteiger partial charge on any atom is -0.379 e. The Kier molecular flexibility index (Phi) is 6.58. The third-order valence-corrected chi connectivity index (χ3v) is 7.68. The first-order valence-corrected chi connectivity index (χ1v) is 12.9. The molecule has 2 unspecified atom stereocenters. The molecule has 1 fully saturated rings. The van der Waals surface area contributed by atoms with Gasteiger partial charge in [-0.3, -0.25) is 29.3 Å². The quantitative estimate of drug-likeness (QED) is 0.446. The number of rotatable bonds is 9. The van der Waals surface area contributed by atoms with Crippen molar-refractivity contribution in [2.24, 2.45) is 0 Å². The number of anilines is 1. The molecule has 37 heavy (non-hydrogen) atoms. The molecule has 0 radical (unpaired) electrons. The highest BCUT2D eigenvalue weighted by Gasteiger charge is 2.40. The Bertz CT molecular complexity index is 1410. The van der Waals surface area contributed by atoms with Crippen molar-refractivity contribution in [1.29, 1.82) is 0 Å². The molecule has 1 N–H and O–H groups in total. The summed E-state index contributed by atoms with van der Waals surface area (Å²) in [6, 6.07) is 9.34. The first-order chi connectivity index (χ1) is 17.8. The number of hydrogen-bond acceptors (Lipinski definition) is 5. The zero-order chi connectivity index (χ0) is 26.3. The molecule has 8 nitrogen and oxygen atoms in total. The Morgan fingerprint density at radius 1 is 1.24 bits per heavy atom. The Morgan fingerprint density at radius 2 is 2.05 bits per heavy atom. The standard InChI is InChI=1S/C29H33N5O3/c1-5-21(13-14-32(4)18(2)3)33-17-19(16-30-33)15-20-9-10-24-27-22(20)7-6-8-23(27)29(37)34(24)25-11-12-26(35)31-28(25)36/h6-10,16-17,21,25H,2,5,11-15H2,1,3-4H3,(H,31,35,36). The number of nitrogens with one attached hydrogen (secondary N) is 1. The molecule has 1 saturated heterocycles. The lowest BCUT2D eigenvalue weighted by Gasteiger charge is -2.30. The molecule has 1 aromatic heterocycles. The van der Waals surface area contributed by atoms with Gasteiger partial charge in [0.05, 0.1) is 17.9 Å². The summed E-state index contributed by atoms with van der Waals surface area (Å²) in [6.45, 7) is 9.14. The van der Waals surface area contributed by atoms with Gasteiger partial charge in [-0.1, -0.05) is 31.7 Å². The fourth-order valence-corrected chi connectivity index (χ4v) is 5.40. The Hall–Kier alpha value is -3.94. The summed E-state index contributed by atoms with van der Waals surface area (Å²) in [5.74, 6) is -0.896. The van der Waals surface area contributed by atoms with Crippen LogP contribution in [0.15, 0.2) is 55.0 Å². The molecule has 0 saturated carbocycles. The van der Waals surface area contributed by atoms with Gasteiger partial charge in [-0.05, 0) is 54.8 Å². The van der Waals surface area contributed by atoms with Crippen LogP contribution in [0.1, 0.15) is 67.1 Å². The summed E-state index contributed by atoms with van der Waals surface area (Å²) in [5, 5.41) is 8.93. The fourth-order valence-electron chi connectivity index (χ4n) is 5.40. The van der Waals surface area contributed by atoms with Gasteiger partial charge in [0.15, 0.2) is 0 Å². The topological polar surface area (TPSA) is 87.5 Å². The van der Waals surface area contributed by atoms with Crippen molar-refractivity contribution in [2.45, 2.75) is 58.0 Å². The molecule has 192 valence electrons. The van der Waals surface area contributed by atoms with Crippen molar-refractivity contribution in [3.63, 3.8) is 0 Å². The molecule has 3 amide bonds. The van der Waals surface area contributed by atoms with E-state index >= 15 is 0 Å². The molecule has 2 aromatic carbocycles. The normalized spacial score (nSPS) is 17.9. The van der Waals surface area contributed by atoms with Crippen molar-refractivity contribution < 1.29 is 14.4 Å². The van der Waals surface area contributed by atoms with Crippen molar-refractivity contribution in [1.82, 2.24) is 20.0 Å². The van der Waals surface area contributed by atoms with Crippen molar-refractivity contribution in [3.05, 3.63) is 71.7 Å². The maximum absolute atomic E-state index is 13.4. The van der Waals surface area contributed by atoms with E-state index in [1.165, 1.54) is 0 Å². The molecule has 8 heteroatoms. The van der Waals surface area contributed by atoms with Crippen molar-refractivity contribution >= 4 is 34.2 Å². The average Bonchev–Trinajstić information content (AvgIpc) is 3.45. The average molecular weight is 500 g/mol. The second-order valence-electron chi connectivity index (χ2n) is 10.1. The summed E-state index contributed by atoms with van der Waals surface area (Å²) in [4.78, 5) is 41.3. The summed E-state index contributed by atoms with van der Waals surface area (Å²) in [6.07, 6.45) is 7.27. The smallest absolute Gasteiger partial charge is 0.259 e. The monoisotopic (exact) mass is 499 g/mol. The van der Waals surface area contributed by atoms with E-state index in [1.807, 2.05) is 43.5 Å². The van der Waals surface area contributed by atoms with Gasteiger partial charge in [0.1, 0.15) is 6.04 Å². The van der Waals surface area contributed by atoms with Gasteiger partial charge in [-0.15, -0.1) is 0 Å². The molecule has 5 rings (SSSR count). The van der Waals surface area contributed by atoms with Gasteiger partial charge in [-0.25, -0.2) is 0 Å². The van der Waals surface area contributed by atoms with Crippen LogP contribution >= 0.6 is 0 Å². The third-order valence-electron chi connectivity index (χ3n) is 7.68. The van der Waals surface area contributed by atoms with Gasteiger partial charge in [-0.2, -0.15) is 5.10 Å². The molecular weight excluding hydrogens is 466 g/mol. The van der Waals surface area contributed by atoms with Crippen LogP contribution in [0.3, 0.4) is 0 Å². The largest absolute Gasteiger partial charge is 0.379 e. The number of carbonyl (C=O) groups is 3. The number of imide groups is 1. The van der Waals surface area contributed by atoms with Gasteiger partial charge in [0.2, 0.25) is 11.8 Å². The molecule has 0 aliphatic carbocycles. The van der Waals surface area contributed by atoms with E-state index in [2.05, 4.69) is 46.7 Å². The molecular formula is C29H33N5O3.